The van der Waals surface area contributed by atoms with Crippen molar-refractivity contribution in [2.45, 2.75) is 0 Å². The third-order valence-electron chi connectivity index (χ3n) is 3.50. The highest BCUT2D eigenvalue weighted by molar-refractivity contribution is 6.35. The number of fused-ring (bicyclic) bond motifs is 1. The maximum atomic E-state index is 12.4. The van der Waals surface area contributed by atoms with Crippen LogP contribution in [0.5, 0.6) is 5.75 Å². The molecular formula is C14H7N3O7. The molecule has 2 amide bonds. The maximum absolute atomic E-state index is 12.4. The lowest BCUT2D eigenvalue weighted by atomic mass is 10.1. The number of imide groups is 1. The van der Waals surface area contributed by atoms with Crippen molar-refractivity contribution < 1.29 is 24.5 Å². The maximum Gasteiger partial charge on any atom is 0.319 e. The molecule has 0 fully saturated rings. The van der Waals surface area contributed by atoms with Crippen molar-refractivity contribution in [2.75, 3.05) is 4.90 Å². The van der Waals surface area contributed by atoms with Gasteiger partial charge in [-0.25, -0.2) is 4.90 Å². The molecule has 0 saturated carbocycles. The van der Waals surface area contributed by atoms with Crippen LogP contribution in [0.15, 0.2) is 36.4 Å². The fraction of sp³-hybridized carbons (Fsp3) is 0. The first-order valence-corrected chi connectivity index (χ1v) is 6.46. The van der Waals surface area contributed by atoms with Gasteiger partial charge in [0.1, 0.15) is 5.69 Å². The van der Waals surface area contributed by atoms with Gasteiger partial charge in [-0.2, -0.15) is 0 Å². The van der Waals surface area contributed by atoms with Gasteiger partial charge in [0, 0.05) is 6.07 Å². The summed E-state index contributed by atoms with van der Waals surface area (Å²) in [5, 5.41) is 32.0. The molecule has 10 nitrogen and oxygen atoms in total. The van der Waals surface area contributed by atoms with E-state index in [4.69, 9.17) is 0 Å². The number of nitro groups is 2. The van der Waals surface area contributed by atoms with E-state index in [1.54, 1.807) is 0 Å². The second-order valence-corrected chi connectivity index (χ2v) is 4.84. The number of nitro benzene ring substituents is 2. The zero-order valence-corrected chi connectivity index (χ0v) is 11.7. The molecule has 0 radical (unpaired) electrons. The lowest BCUT2D eigenvalue weighted by Gasteiger charge is -2.15. The van der Waals surface area contributed by atoms with Crippen LogP contribution in [0.25, 0.3) is 0 Å². The van der Waals surface area contributed by atoms with Crippen molar-refractivity contribution >= 4 is 28.9 Å². The molecule has 1 N–H and O–H groups in total. The molecule has 0 unspecified atom stereocenters. The summed E-state index contributed by atoms with van der Waals surface area (Å²) in [5.74, 6) is -2.67. The first-order valence-electron chi connectivity index (χ1n) is 6.46. The summed E-state index contributed by atoms with van der Waals surface area (Å²) in [6.07, 6.45) is 0. The van der Waals surface area contributed by atoms with Crippen molar-refractivity contribution in [3.63, 3.8) is 0 Å². The van der Waals surface area contributed by atoms with Gasteiger partial charge >= 0.3 is 5.69 Å². The van der Waals surface area contributed by atoms with Gasteiger partial charge < -0.3 is 5.11 Å². The van der Waals surface area contributed by atoms with Gasteiger partial charge in [-0.3, -0.25) is 29.8 Å². The molecule has 0 aliphatic carbocycles. The summed E-state index contributed by atoms with van der Waals surface area (Å²) in [6.45, 7) is 0. The Labute approximate surface area is 132 Å². The van der Waals surface area contributed by atoms with E-state index in [1.165, 1.54) is 24.3 Å². The molecule has 0 spiro atoms. The minimum Gasteiger partial charge on any atom is -0.501 e. The van der Waals surface area contributed by atoms with E-state index in [9.17, 15) is 34.9 Å². The van der Waals surface area contributed by atoms with Crippen molar-refractivity contribution in [2.24, 2.45) is 0 Å². The average molecular weight is 329 g/mol. The Morgan fingerprint density at radius 3 is 1.92 bits per heavy atom. The molecule has 0 bridgehead atoms. The van der Waals surface area contributed by atoms with Crippen molar-refractivity contribution in [1.82, 2.24) is 0 Å². The molecule has 1 aliphatic heterocycles. The molecule has 3 rings (SSSR count). The largest absolute Gasteiger partial charge is 0.501 e. The zero-order valence-electron chi connectivity index (χ0n) is 11.7. The monoisotopic (exact) mass is 329 g/mol. The minimum atomic E-state index is -1.04. The summed E-state index contributed by atoms with van der Waals surface area (Å²) in [7, 11) is 0. The van der Waals surface area contributed by atoms with Gasteiger partial charge in [-0.15, -0.1) is 0 Å². The highest BCUT2D eigenvalue weighted by Gasteiger charge is 2.40. The van der Waals surface area contributed by atoms with E-state index in [0.29, 0.717) is 11.0 Å². The summed E-state index contributed by atoms with van der Waals surface area (Å²) in [5.41, 5.74) is -2.24. The van der Waals surface area contributed by atoms with E-state index in [2.05, 4.69) is 0 Å². The van der Waals surface area contributed by atoms with Crippen LogP contribution in [0.3, 0.4) is 0 Å². The fourth-order valence-corrected chi connectivity index (χ4v) is 2.41. The summed E-state index contributed by atoms with van der Waals surface area (Å²) in [4.78, 5) is 45.2. The molecule has 1 aliphatic rings. The van der Waals surface area contributed by atoms with Crippen LogP contribution in [-0.4, -0.2) is 26.8 Å². The van der Waals surface area contributed by atoms with Crippen LogP contribution in [0.4, 0.5) is 17.1 Å². The van der Waals surface area contributed by atoms with Gasteiger partial charge in [-0.05, 0) is 12.1 Å². The molecule has 24 heavy (non-hydrogen) atoms. The predicted molar refractivity (Wildman–Crippen MR) is 79.0 cm³/mol. The smallest absolute Gasteiger partial charge is 0.319 e. The number of rotatable bonds is 3. The Hall–Kier alpha value is -3.82. The number of non-ortho nitro benzene ring substituents is 1. The third-order valence-corrected chi connectivity index (χ3v) is 3.50. The first-order chi connectivity index (χ1) is 11.3. The summed E-state index contributed by atoms with van der Waals surface area (Å²) < 4.78 is 0. The standard InChI is InChI=1S/C14H7N3O7/c18-12-10(5-7(16(21)22)6-11(12)17(23)24)15-13(19)8-3-1-2-4-9(8)14(15)20/h1-6,18H. The Bertz CT molecular complexity index is 903. The highest BCUT2D eigenvalue weighted by Crippen LogP contribution is 2.42. The lowest BCUT2D eigenvalue weighted by molar-refractivity contribution is -0.394. The van der Waals surface area contributed by atoms with E-state index < -0.39 is 44.5 Å². The predicted octanol–water partition coefficient (Wildman–Crippen LogP) is 2.01. The average Bonchev–Trinajstić information content (AvgIpc) is 2.79. The Morgan fingerprint density at radius 1 is 0.917 bits per heavy atom. The normalized spacial score (nSPS) is 13.1. The minimum absolute atomic E-state index is 0.0380. The van der Waals surface area contributed by atoms with E-state index in [0.717, 1.165) is 6.07 Å². The van der Waals surface area contributed by atoms with Gasteiger partial charge in [0.15, 0.2) is 0 Å². The number of anilines is 1. The van der Waals surface area contributed by atoms with Crippen molar-refractivity contribution in [3.8, 4) is 5.75 Å². The van der Waals surface area contributed by atoms with Gasteiger partial charge in [0.05, 0.1) is 27.0 Å². The number of amides is 2. The summed E-state index contributed by atoms with van der Waals surface area (Å²) in [6, 6.07) is 7.07. The Balaban J connectivity index is 2.24. The number of hydrogen-bond acceptors (Lipinski definition) is 7. The molecule has 10 heteroatoms. The second-order valence-electron chi connectivity index (χ2n) is 4.84. The van der Waals surface area contributed by atoms with Crippen LogP contribution in [0.2, 0.25) is 0 Å². The van der Waals surface area contributed by atoms with Crippen LogP contribution >= 0.6 is 0 Å². The highest BCUT2D eigenvalue weighted by atomic mass is 16.6. The summed E-state index contributed by atoms with van der Waals surface area (Å²) >= 11 is 0. The van der Waals surface area contributed by atoms with Crippen molar-refractivity contribution in [1.29, 1.82) is 0 Å². The number of benzene rings is 2. The Morgan fingerprint density at radius 2 is 1.46 bits per heavy atom. The number of phenolic OH excluding ortho intramolecular Hbond substituents is 1. The van der Waals surface area contributed by atoms with Crippen LogP contribution in [0, 0.1) is 20.2 Å². The Kier molecular flexibility index (Phi) is 3.22. The topological polar surface area (TPSA) is 144 Å². The van der Waals surface area contributed by atoms with E-state index in [-0.39, 0.29) is 11.1 Å². The number of carbonyl (C=O) groups excluding carboxylic acids is 2. The number of nitrogens with zero attached hydrogens (tertiary/aromatic N) is 3. The molecule has 2 aromatic carbocycles. The van der Waals surface area contributed by atoms with Gasteiger partial charge in [-0.1, -0.05) is 12.1 Å². The van der Waals surface area contributed by atoms with Crippen LogP contribution in [0.1, 0.15) is 20.7 Å². The number of hydrogen-bond donors (Lipinski definition) is 1. The third kappa shape index (κ3) is 2.05. The molecule has 0 atom stereocenters. The fourth-order valence-electron chi connectivity index (χ4n) is 2.41. The molecule has 120 valence electrons. The van der Waals surface area contributed by atoms with Crippen LogP contribution < -0.4 is 4.90 Å². The molecule has 1 heterocycles. The molecule has 2 aromatic rings. The SMILES string of the molecule is O=C1c2ccccc2C(=O)N1c1cc([N+](=O)[O-])cc([N+](=O)[O-])c1O. The van der Waals surface area contributed by atoms with E-state index in [1.807, 2.05) is 0 Å². The molecular weight excluding hydrogens is 322 g/mol. The number of aromatic hydroxyl groups is 1. The van der Waals surface area contributed by atoms with Gasteiger partial charge in [0.2, 0.25) is 5.75 Å². The van der Waals surface area contributed by atoms with Gasteiger partial charge in [0.25, 0.3) is 17.5 Å². The number of phenols is 1. The molecule has 0 aromatic heterocycles. The first kappa shape index (κ1) is 15.1. The van der Waals surface area contributed by atoms with E-state index >= 15 is 0 Å². The molecule has 0 saturated heterocycles. The number of carbonyl (C=O) groups is 2. The quantitative estimate of drug-likeness (QED) is 0.515. The van der Waals surface area contributed by atoms with Crippen molar-refractivity contribution in [3.05, 3.63) is 67.8 Å². The van der Waals surface area contributed by atoms with Crippen LogP contribution in [-0.2, 0) is 0 Å². The lowest BCUT2D eigenvalue weighted by Crippen LogP contribution is -2.29. The second kappa shape index (κ2) is 5.12. The zero-order chi connectivity index (χ0) is 17.6.